The molecule has 1 atom stereocenters. The third-order valence-electron chi connectivity index (χ3n) is 3.53. The summed E-state index contributed by atoms with van der Waals surface area (Å²) in [6, 6.07) is 0. The Labute approximate surface area is 105 Å². The molecule has 0 radical (unpaired) electrons. The minimum absolute atomic E-state index is 0.188. The van der Waals surface area contributed by atoms with E-state index in [0.717, 1.165) is 12.8 Å². The Morgan fingerprint density at radius 2 is 2.06 bits per heavy atom. The van der Waals surface area contributed by atoms with Crippen LogP contribution in [0.4, 0.5) is 0 Å². The van der Waals surface area contributed by atoms with Crippen LogP contribution in [0.1, 0.15) is 33.6 Å². The van der Waals surface area contributed by atoms with Crippen molar-refractivity contribution < 1.29 is 13.5 Å². The highest BCUT2D eigenvalue weighted by Gasteiger charge is 2.37. The fourth-order valence-electron chi connectivity index (χ4n) is 1.94. The Morgan fingerprint density at radius 3 is 2.53 bits per heavy atom. The molecule has 0 aliphatic carbocycles. The van der Waals surface area contributed by atoms with E-state index in [-0.39, 0.29) is 6.61 Å². The monoisotopic (exact) mass is 264 g/mol. The van der Waals surface area contributed by atoms with Crippen LogP contribution in [0.15, 0.2) is 0 Å². The smallest absolute Gasteiger partial charge is 0.282 e. The van der Waals surface area contributed by atoms with E-state index in [1.165, 1.54) is 15.7 Å². The summed E-state index contributed by atoms with van der Waals surface area (Å²) in [6.45, 7) is 6.48. The predicted molar refractivity (Wildman–Crippen MR) is 67.8 cm³/mol. The molecule has 102 valence electrons. The molecule has 5 nitrogen and oxygen atoms in total. The van der Waals surface area contributed by atoms with Gasteiger partial charge in [-0.1, -0.05) is 6.92 Å². The Kier molecular flexibility index (Phi) is 4.57. The molecular weight excluding hydrogens is 240 g/mol. The highest BCUT2D eigenvalue weighted by Crippen LogP contribution is 2.24. The van der Waals surface area contributed by atoms with Gasteiger partial charge in [-0.15, -0.1) is 0 Å². The fourth-order valence-corrected chi connectivity index (χ4v) is 3.77. The number of nitrogens with zero attached hydrogens (tertiary/aromatic N) is 2. The van der Waals surface area contributed by atoms with Gasteiger partial charge in [0, 0.05) is 20.1 Å². The average molecular weight is 264 g/mol. The number of hydrogen-bond donors (Lipinski definition) is 1. The molecule has 6 heteroatoms. The van der Waals surface area contributed by atoms with Crippen molar-refractivity contribution in [3.05, 3.63) is 0 Å². The third-order valence-corrected chi connectivity index (χ3v) is 5.70. The maximum Gasteiger partial charge on any atom is 0.282 e. The molecule has 1 aliphatic heterocycles. The van der Waals surface area contributed by atoms with E-state index < -0.39 is 15.7 Å². The number of piperidine rings is 1. The summed E-state index contributed by atoms with van der Waals surface area (Å²) in [5.74, 6) is 0.407. The molecule has 1 heterocycles. The summed E-state index contributed by atoms with van der Waals surface area (Å²) in [6.07, 6.45) is 1.99. The Balaban J connectivity index is 2.87. The Bertz CT molecular complexity index is 354. The molecule has 1 fully saturated rings. The summed E-state index contributed by atoms with van der Waals surface area (Å²) in [4.78, 5) is 0. The molecule has 0 spiro atoms. The second-order valence-corrected chi connectivity index (χ2v) is 7.51. The van der Waals surface area contributed by atoms with Gasteiger partial charge in [-0.3, -0.25) is 0 Å². The summed E-state index contributed by atoms with van der Waals surface area (Å²) in [5.41, 5.74) is -0.764. The van der Waals surface area contributed by atoms with Gasteiger partial charge in [0.2, 0.25) is 0 Å². The highest BCUT2D eigenvalue weighted by atomic mass is 32.2. The molecule has 0 bridgehead atoms. The van der Waals surface area contributed by atoms with Crippen LogP contribution >= 0.6 is 0 Å². The molecule has 0 amide bonds. The van der Waals surface area contributed by atoms with Crippen LogP contribution < -0.4 is 0 Å². The molecular formula is C11H24N2O3S. The molecule has 1 saturated heterocycles. The van der Waals surface area contributed by atoms with E-state index >= 15 is 0 Å². The predicted octanol–water partition coefficient (Wildman–Crippen LogP) is 0.666. The van der Waals surface area contributed by atoms with Crippen LogP contribution in [0, 0.1) is 5.92 Å². The number of aliphatic hydroxyl groups excluding tert-OH is 1. The second-order valence-electron chi connectivity index (χ2n) is 5.55. The molecule has 0 aromatic heterocycles. The summed E-state index contributed by atoms with van der Waals surface area (Å²) in [7, 11) is -1.93. The van der Waals surface area contributed by atoms with Crippen molar-refractivity contribution in [2.75, 3.05) is 26.7 Å². The molecule has 1 aliphatic rings. The largest absolute Gasteiger partial charge is 0.394 e. The van der Waals surface area contributed by atoms with Crippen LogP contribution in [0.5, 0.6) is 0 Å². The summed E-state index contributed by atoms with van der Waals surface area (Å²) >= 11 is 0. The topological polar surface area (TPSA) is 60.9 Å². The van der Waals surface area contributed by atoms with Crippen LogP contribution in [0.2, 0.25) is 0 Å². The van der Waals surface area contributed by atoms with Gasteiger partial charge in [-0.05, 0) is 32.6 Å². The minimum Gasteiger partial charge on any atom is -0.394 e. The van der Waals surface area contributed by atoms with Crippen LogP contribution in [-0.2, 0) is 10.2 Å². The van der Waals surface area contributed by atoms with Gasteiger partial charge in [-0.2, -0.15) is 17.0 Å². The quantitative estimate of drug-likeness (QED) is 0.811. The lowest BCUT2D eigenvalue weighted by Gasteiger charge is -2.39. The van der Waals surface area contributed by atoms with Crippen LogP contribution in [-0.4, -0.2) is 54.4 Å². The first-order valence-electron chi connectivity index (χ1n) is 6.07. The SMILES string of the molecule is CC1CCCN(S(=O)(=O)N(C)C(C)(C)CO)C1. The number of rotatable bonds is 4. The zero-order chi connectivity index (χ0) is 13.3. The zero-order valence-corrected chi connectivity index (χ0v) is 12.0. The van der Waals surface area contributed by atoms with Crippen molar-refractivity contribution in [3.8, 4) is 0 Å². The lowest BCUT2D eigenvalue weighted by atomic mass is 10.0. The van der Waals surface area contributed by atoms with Gasteiger partial charge in [-0.25, -0.2) is 0 Å². The first kappa shape index (κ1) is 14.9. The standard InChI is InChI=1S/C11H24N2O3S/c1-10-6-5-7-13(8-10)17(15,16)12(4)11(2,3)9-14/h10,14H,5-9H2,1-4H3. The van der Waals surface area contributed by atoms with Crippen molar-refractivity contribution in [2.24, 2.45) is 5.92 Å². The maximum atomic E-state index is 12.4. The van der Waals surface area contributed by atoms with Crippen LogP contribution in [0.3, 0.4) is 0 Å². The van der Waals surface area contributed by atoms with Gasteiger partial charge in [0.05, 0.1) is 12.1 Å². The molecule has 17 heavy (non-hydrogen) atoms. The van der Waals surface area contributed by atoms with Gasteiger partial charge in [0.25, 0.3) is 10.2 Å². The van der Waals surface area contributed by atoms with Crippen molar-refractivity contribution >= 4 is 10.2 Å². The lowest BCUT2D eigenvalue weighted by Crippen LogP contribution is -2.54. The van der Waals surface area contributed by atoms with Gasteiger partial charge in [0.15, 0.2) is 0 Å². The van der Waals surface area contributed by atoms with Gasteiger partial charge < -0.3 is 5.11 Å². The summed E-state index contributed by atoms with van der Waals surface area (Å²) < 4.78 is 27.6. The molecule has 1 unspecified atom stereocenters. The number of hydrogen-bond acceptors (Lipinski definition) is 3. The summed E-state index contributed by atoms with van der Waals surface area (Å²) in [5, 5.41) is 9.25. The van der Waals surface area contributed by atoms with Crippen molar-refractivity contribution in [2.45, 2.75) is 39.2 Å². The zero-order valence-electron chi connectivity index (χ0n) is 11.2. The fraction of sp³-hybridized carbons (Fsp3) is 1.00. The van der Waals surface area contributed by atoms with Crippen molar-refractivity contribution in [3.63, 3.8) is 0 Å². The number of aliphatic hydroxyl groups is 1. The first-order chi connectivity index (χ1) is 7.71. The van der Waals surface area contributed by atoms with Gasteiger partial charge >= 0.3 is 0 Å². The Hall–Kier alpha value is -0.170. The minimum atomic E-state index is -3.46. The van der Waals surface area contributed by atoms with E-state index in [0.29, 0.717) is 19.0 Å². The van der Waals surface area contributed by atoms with Crippen LogP contribution in [0.25, 0.3) is 0 Å². The first-order valence-corrected chi connectivity index (χ1v) is 7.46. The highest BCUT2D eigenvalue weighted by molar-refractivity contribution is 7.86. The van der Waals surface area contributed by atoms with E-state index in [9.17, 15) is 13.5 Å². The van der Waals surface area contributed by atoms with Gasteiger partial charge in [0.1, 0.15) is 0 Å². The Morgan fingerprint density at radius 1 is 1.47 bits per heavy atom. The lowest BCUT2D eigenvalue weighted by molar-refractivity contribution is 0.128. The van der Waals surface area contributed by atoms with Crippen molar-refractivity contribution in [1.29, 1.82) is 0 Å². The second kappa shape index (κ2) is 5.22. The average Bonchev–Trinajstić information content (AvgIpc) is 2.28. The van der Waals surface area contributed by atoms with E-state index in [2.05, 4.69) is 6.92 Å². The molecule has 0 aromatic rings. The molecule has 0 saturated carbocycles. The van der Waals surface area contributed by atoms with E-state index in [1.807, 2.05) is 0 Å². The molecule has 0 aromatic carbocycles. The van der Waals surface area contributed by atoms with E-state index in [4.69, 9.17) is 0 Å². The van der Waals surface area contributed by atoms with Crippen molar-refractivity contribution in [1.82, 2.24) is 8.61 Å². The molecule has 1 N–H and O–H groups in total. The molecule has 1 rings (SSSR count). The maximum absolute atomic E-state index is 12.4. The normalized spacial score (nSPS) is 24.2. The third kappa shape index (κ3) is 3.19. The number of likely N-dealkylation sites (N-methyl/N-ethyl adjacent to an activating group) is 1. The van der Waals surface area contributed by atoms with E-state index in [1.54, 1.807) is 13.8 Å².